The minimum atomic E-state index is -1.23. The molecular weight excluding hydrogens is 284 g/mol. The van der Waals surface area contributed by atoms with E-state index in [9.17, 15) is 9.59 Å². The van der Waals surface area contributed by atoms with Gasteiger partial charge in [-0.25, -0.2) is 14.5 Å². The number of rotatable bonds is 5. The summed E-state index contributed by atoms with van der Waals surface area (Å²) in [5, 5.41) is 20.9. The van der Waals surface area contributed by atoms with Crippen molar-refractivity contribution in [2.45, 2.75) is 20.0 Å². The zero-order valence-electron chi connectivity index (χ0n) is 10.5. The van der Waals surface area contributed by atoms with E-state index in [1.807, 2.05) is 6.92 Å². The zero-order chi connectivity index (χ0) is 14.7. The lowest BCUT2D eigenvalue weighted by atomic mass is 10.3. The van der Waals surface area contributed by atoms with Gasteiger partial charge in [-0.15, -0.1) is 16.4 Å². The third kappa shape index (κ3) is 2.97. The van der Waals surface area contributed by atoms with Crippen molar-refractivity contribution in [2.75, 3.05) is 5.32 Å². The summed E-state index contributed by atoms with van der Waals surface area (Å²) in [6.45, 7) is 1.57. The number of nitrogens with two attached hydrogens (primary N) is 1. The third-order valence-corrected chi connectivity index (χ3v) is 3.27. The van der Waals surface area contributed by atoms with Crippen LogP contribution in [0.4, 0.5) is 5.13 Å². The SMILES string of the molecule is Cc1csc(NC(=O)Cn2nnc(C(=O)O)c2CN)n1. The molecule has 2 heterocycles. The molecule has 10 heteroatoms. The number of amides is 1. The minimum absolute atomic E-state index is 0.0712. The number of hydrogen-bond donors (Lipinski definition) is 3. The van der Waals surface area contributed by atoms with Crippen LogP contribution in [0.15, 0.2) is 5.38 Å². The number of nitrogens with zero attached hydrogens (tertiary/aromatic N) is 4. The number of anilines is 1. The Morgan fingerprint density at radius 2 is 2.30 bits per heavy atom. The van der Waals surface area contributed by atoms with E-state index in [2.05, 4.69) is 20.6 Å². The largest absolute Gasteiger partial charge is 0.476 e. The first-order chi connectivity index (χ1) is 9.51. The third-order valence-electron chi connectivity index (χ3n) is 2.39. The quantitative estimate of drug-likeness (QED) is 0.697. The van der Waals surface area contributed by atoms with Gasteiger partial charge in [0.15, 0.2) is 10.8 Å². The molecule has 9 nitrogen and oxygen atoms in total. The van der Waals surface area contributed by atoms with Crippen LogP contribution < -0.4 is 11.1 Å². The summed E-state index contributed by atoms with van der Waals surface area (Å²) < 4.78 is 1.17. The maximum Gasteiger partial charge on any atom is 0.358 e. The van der Waals surface area contributed by atoms with Crippen molar-refractivity contribution < 1.29 is 14.7 Å². The van der Waals surface area contributed by atoms with Crippen LogP contribution in [0.25, 0.3) is 0 Å². The molecule has 2 aromatic rings. The monoisotopic (exact) mass is 296 g/mol. The molecule has 0 aliphatic rings. The number of thiazole rings is 1. The molecule has 2 rings (SSSR count). The van der Waals surface area contributed by atoms with Crippen LogP contribution in [0.2, 0.25) is 0 Å². The van der Waals surface area contributed by atoms with Crippen LogP contribution >= 0.6 is 11.3 Å². The fraction of sp³-hybridized carbons (Fsp3) is 0.300. The van der Waals surface area contributed by atoms with E-state index in [0.717, 1.165) is 5.69 Å². The van der Waals surface area contributed by atoms with Crippen molar-refractivity contribution in [3.8, 4) is 0 Å². The van der Waals surface area contributed by atoms with Crippen molar-refractivity contribution in [3.05, 3.63) is 22.5 Å². The minimum Gasteiger partial charge on any atom is -0.476 e. The van der Waals surface area contributed by atoms with Gasteiger partial charge in [-0.1, -0.05) is 5.21 Å². The average Bonchev–Trinajstić information content (AvgIpc) is 2.95. The number of carbonyl (C=O) groups is 2. The summed E-state index contributed by atoms with van der Waals surface area (Å²) in [4.78, 5) is 26.8. The van der Waals surface area contributed by atoms with Crippen molar-refractivity contribution in [1.82, 2.24) is 20.0 Å². The first-order valence-corrected chi connectivity index (χ1v) is 6.47. The summed E-state index contributed by atoms with van der Waals surface area (Å²) in [5.41, 5.74) is 6.22. The van der Waals surface area contributed by atoms with Gasteiger partial charge in [-0.3, -0.25) is 4.79 Å². The van der Waals surface area contributed by atoms with E-state index in [1.165, 1.54) is 16.0 Å². The van der Waals surface area contributed by atoms with Crippen molar-refractivity contribution >= 4 is 28.3 Å². The molecule has 106 valence electrons. The predicted molar refractivity (Wildman–Crippen MR) is 70.4 cm³/mol. The Morgan fingerprint density at radius 1 is 1.55 bits per heavy atom. The summed E-state index contributed by atoms with van der Waals surface area (Å²) >= 11 is 1.30. The van der Waals surface area contributed by atoms with Crippen LogP contribution in [0.3, 0.4) is 0 Å². The Labute approximate surface area is 117 Å². The number of aryl methyl sites for hydroxylation is 1. The molecule has 0 radical (unpaired) electrons. The molecule has 1 amide bonds. The molecule has 0 fully saturated rings. The van der Waals surface area contributed by atoms with Crippen LogP contribution in [-0.2, 0) is 17.9 Å². The maximum absolute atomic E-state index is 11.8. The zero-order valence-corrected chi connectivity index (χ0v) is 11.3. The van der Waals surface area contributed by atoms with Gasteiger partial charge in [0.05, 0.1) is 11.4 Å². The molecule has 0 saturated heterocycles. The van der Waals surface area contributed by atoms with E-state index in [4.69, 9.17) is 10.8 Å². The molecule has 0 atom stereocenters. The Kier molecular flexibility index (Phi) is 4.05. The number of hydrogen-bond acceptors (Lipinski definition) is 7. The molecule has 2 aromatic heterocycles. The lowest BCUT2D eigenvalue weighted by molar-refractivity contribution is -0.117. The molecule has 0 aliphatic carbocycles. The normalized spacial score (nSPS) is 10.5. The Bertz CT molecular complexity index is 649. The summed E-state index contributed by atoms with van der Waals surface area (Å²) in [6.07, 6.45) is 0. The molecule has 0 unspecified atom stereocenters. The van der Waals surface area contributed by atoms with Crippen molar-refractivity contribution in [2.24, 2.45) is 5.73 Å². The van der Waals surface area contributed by atoms with Gasteiger partial charge in [-0.2, -0.15) is 0 Å². The highest BCUT2D eigenvalue weighted by Gasteiger charge is 2.19. The maximum atomic E-state index is 11.8. The van der Waals surface area contributed by atoms with E-state index in [1.54, 1.807) is 5.38 Å². The summed E-state index contributed by atoms with van der Waals surface area (Å²) in [7, 11) is 0. The van der Waals surface area contributed by atoms with Gasteiger partial charge in [0.25, 0.3) is 0 Å². The fourth-order valence-electron chi connectivity index (χ4n) is 1.53. The highest BCUT2D eigenvalue weighted by molar-refractivity contribution is 7.13. The number of nitrogens with one attached hydrogen (secondary N) is 1. The number of aromatic carboxylic acids is 1. The second-order valence-electron chi connectivity index (χ2n) is 3.89. The van der Waals surface area contributed by atoms with E-state index in [-0.39, 0.29) is 30.4 Å². The molecule has 0 aliphatic heterocycles. The van der Waals surface area contributed by atoms with Gasteiger partial charge in [0.1, 0.15) is 6.54 Å². The predicted octanol–water partition coefficient (Wildman–Crippen LogP) is -0.161. The molecule has 0 bridgehead atoms. The Hall–Kier alpha value is -2.33. The van der Waals surface area contributed by atoms with Crippen LogP contribution in [0, 0.1) is 6.92 Å². The van der Waals surface area contributed by atoms with Gasteiger partial charge in [0.2, 0.25) is 5.91 Å². The van der Waals surface area contributed by atoms with E-state index >= 15 is 0 Å². The summed E-state index contributed by atoms with van der Waals surface area (Å²) in [5.74, 6) is -1.61. The number of carbonyl (C=O) groups excluding carboxylic acids is 1. The highest BCUT2D eigenvalue weighted by Crippen LogP contribution is 2.14. The highest BCUT2D eigenvalue weighted by atomic mass is 32.1. The van der Waals surface area contributed by atoms with Gasteiger partial charge < -0.3 is 16.2 Å². The van der Waals surface area contributed by atoms with Gasteiger partial charge >= 0.3 is 5.97 Å². The number of carboxylic acid groups (broad SMARTS) is 1. The average molecular weight is 296 g/mol. The topological polar surface area (TPSA) is 136 Å². The standard InChI is InChI=1S/C10H12N6O3S/c1-5-4-20-10(12-5)13-7(17)3-16-6(2-11)8(9(18)19)14-15-16/h4H,2-3,11H2,1H3,(H,18,19)(H,12,13,17). The molecule has 0 spiro atoms. The second kappa shape index (κ2) is 5.75. The second-order valence-corrected chi connectivity index (χ2v) is 4.75. The van der Waals surface area contributed by atoms with Crippen molar-refractivity contribution in [3.63, 3.8) is 0 Å². The molecule has 20 heavy (non-hydrogen) atoms. The molecular formula is C10H12N6O3S. The van der Waals surface area contributed by atoms with E-state index < -0.39 is 5.97 Å². The Morgan fingerprint density at radius 3 is 2.85 bits per heavy atom. The van der Waals surface area contributed by atoms with Crippen LogP contribution in [0.5, 0.6) is 0 Å². The molecule has 0 saturated carbocycles. The first kappa shape index (κ1) is 14.1. The number of aromatic nitrogens is 4. The lowest BCUT2D eigenvalue weighted by Gasteiger charge is -2.04. The fourth-order valence-corrected chi connectivity index (χ4v) is 2.24. The smallest absolute Gasteiger partial charge is 0.358 e. The van der Waals surface area contributed by atoms with E-state index in [0.29, 0.717) is 5.13 Å². The van der Waals surface area contributed by atoms with Crippen LogP contribution in [-0.4, -0.2) is 37.0 Å². The van der Waals surface area contributed by atoms with Gasteiger partial charge in [0, 0.05) is 11.9 Å². The lowest BCUT2D eigenvalue weighted by Crippen LogP contribution is -2.22. The van der Waals surface area contributed by atoms with Crippen LogP contribution in [0.1, 0.15) is 21.9 Å². The molecule has 4 N–H and O–H groups in total. The Balaban J connectivity index is 2.10. The van der Waals surface area contributed by atoms with Gasteiger partial charge in [-0.05, 0) is 6.92 Å². The number of carboxylic acids is 1. The molecule has 0 aromatic carbocycles. The summed E-state index contributed by atoms with van der Waals surface area (Å²) in [6, 6.07) is 0. The first-order valence-electron chi connectivity index (χ1n) is 5.59. The van der Waals surface area contributed by atoms with Crippen molar-refractivity contribution in [1.29, 1.82) is 0 Å².